The van der Waals surface area contributed by atoms with Crippen LogP contribution in [0.2, 0.25) is 0 Å². The van der Waals surface area contributed by atoms with E-state index < -0.39 is 0 Å². The van der Waals surface area contributed by atoms with E-state index in [-0.39, 0.29) is 17.6 Å². The minimum atomic E-state index is 0.0116. The van der Waals surface area contributed by atoms with Gasteiger partial charge in [-0.25, -0.2) is 15.0 Å². The van der Waals surface area contributed by atoms with Crippen LogP contribution >= 0.6 is 0 Å². The van der Waals surface area contributed by atoms with Crippen LogP contribution in [0.1, 0.15) is 25.7 Å². The van der Waals surface area contributed by atoms with Crippen molar-refractivity contribution >= 4 is 29.1 Å². The van der Waals surface area contributed by atoms with Crippen molar-refractivity contribution in [2.75, 3.05) is 36.4 Å². The summed E-state index contributed by atoms with van der Waals surface area (Å²) in [6.07, 6.45) is 5.76. The smallest absolute Gasteiger partial charge is 0.225 e. The molecule has 1 saturated heterocycles. The number of amides is 1. The molecule has 0 bridgehead atoms. The molecule has 8 nitrogen and oxygen atoms in total. The Labute approximate surface area is 164 Å². The molecule has 0 radical (unpaired) electrons. The SMILES string of the molecule is O=C1CCC(C(=O)N2CCN(c3cc(Nc4ccccn4)ncn3)CC2)CC1. The number of hydrogen-bond acceptors (Lipinski definition) is 7. The molecule has 1 aliphatic carbocycles. The molecule has 0 unspecified atom stereocenters. The topological polar surface area (TPSA) is 91.3 Å². The first kappa shape index (κ1) is 18.3. The molecule has 0 spiro atoms. The first-order valence-electron chi connectivity index (χ1n) is 9.74. The standard InChI is InChI=1S/C20H24N6O2/c27-16-6-4-15(5-7-16)20(28)26-11-9-25(10-12-26)19-13-18(22-14-23-19)24-17-3-1-2-8-21-17/h1-3,8,13-15H,4-7,9-12H2,(H,21,22,23,24). The summed E-state index contributed by atoms with van der Waals surface area (Å²) < 4.78 is 0. The fourth-order valence-corrected chi connectivity index (χ4v) is 3.76. The number of ketones is 1. The Bertz CT molecular complexity index is 826. The van der Waals surface area contributed by atoms with Crippen molar-refractivity contribution in [1.29, 1.82) is 0 Å². The third kappa shape index (κ3) is 4.27. The van der Waals surface area contributed by atoms with E-state index in [0.717, 1.165) is 24.7 Å². The number of aromatic nitrogens is 3. The van der Waals surface area contributed by atoms with Crippen molar-refractivity contribution in [2.24, 2.45) is 5.92 Å². The van der Waals surface area contributed by atoms with Gasteiger partial charge in [-0.05, 0) is 25.0 Å². The molecule has 0 atom stereocenters. The normalized spacial score (nSPS) is 18.2. The van der Waals surface area contributed by atoms with Crippen molar-refractivity contribution in [3.63, 3.8) is 0 Å². The largest absolute Gasteiger partial charge is 0.353 e. The van der Waals surface area contributed by atoms with Crippen LogP contribution in [0, 0.1) is 5.92 Å². The number of pyridine rings is 1. The van der Waals surface area contributed by atoms with Crippen LogP contribution in [-0.2, 0) is 9.59 Å². The highest BCUT2D eigenvalue weighted by Gasteiger charge is 2.30. The van der Waals surface area contributed by atoms with Gasteiger partial charge in [0.25, 0.3) is 0 Å². The monoisotopic (exact) mass is 380 g/mol. The molecule has 2 aromatic heterocycles. The highest BCUT2D eigenvalue weighted by atomic mass is 16.2. The van der Waals surface area contributed by atoms with Gasteiger partial charge in [-0.1, -0.05) is 6.07 Å². The van der Waals surface area contributed by atoms with E-state index in [1.807, 2.05) is 29.2 Å². The van der Waals surface area contributed by atoms with Crippen LogP contribution in [-0.4, -0.2) is 57.7 Å². The average molecular weight is 380 g/mol. The Hall–Kier alpha value is -3.03. The Balaban J connectivity index is 1.34. The molecule has 1 saturated carbocycles. The molecule has 1 amide bonds. The second-order valence-corrected chi connectivity index (χ2v) is 7.23. The lowest BCUT2D eigenvalue weighted by molar-refractivity contribution is -0.137. The van der Waals surface area contributed by atoms with E-state index in [1.165, 1.54) is 6.33 Å². The van der Waals surface area contributed by atoms with Crippen LogP contribution in [0.25, 0.3) is 0 Å². The summed E-state index contributed by atoms with van der Waals surface area (Å²) in [6, 6.07) is 7.56. The summed E-state index contributed by atoms with van der Waals surface area (Å²) in [5.41, 5.74) is 0. The predicted molar refractivity (Wildman–Crippen MR) is 105 cm³/mol. The molecule has 8 heteroatoms. The van der Waals surface area contributed by atoms with Gasteiger partial charge in [-0.15, -0.1) is 0 Å². The second-order valence-electron chi connectivity index (χ2n) is 7.23. The lowest BCUT2D eigenvalue weighted by Gasteiger charge is -2.37. The minimum absolute atomic E-state index is 0.0116. The zero-order chi connectivity index (χ0) is 19.3. The van der Waals surface area contributed by atoms with Crippen molar-refractivity contribution < 1.29 is 9.59 Å². The molecule has 3 heterocycles. The van der Waals surface area contributed by atoms with Gasteiger partial charge < -0.3 is 15.1 Å². The summed E-state index contributed by atoms with van der Waals surface area (Å²) in [7, 11) is 0. The van der Waals surface area contributed by atoms with Crippen molar-refractivity contribution in [3.05, 3.63) is 36.8 Å². The first-order chi connectivity index (χ1) is 13.7. The quantitative estimate of drug-likeness (QED) is 0.868. The van der Waals surface area contributed by atoms with Crippen LogP contribution < -0.4 is 10.2 Å². The minimum Gasteiger partial charge on any atom is -0.353 e. The molecule has 2 aliphatic rings. The van der Waals surface area contributed by atoms with Crippen LogP contribution in [0.4, 0.5) is 17.5 Å². The zero-order valence-electron chi connectivity index (χ0n) is 15.8. The highest BCUT2D eigenvalue weighted by molar-refractivity contribution is 5.84. The molecule has 28 heavy (non-hydrogen) atoms. The first-order valence-corrected chi connectivity index (χ1v) is 9.74. The Morgan fingerprint density at radius 1 is 1.00 bits per heavy atom. The van der Waals surface area contributed by atoms with Gasteiger partial charge in [0, 0.05) is 57.2 Å². The number of nitrogens with one attached hydrogen (secondary N) is 1. The maximum Gasteiger partial charge on any atom is 0.225 e. The number of carbonyl (C=O) groups excluding carboxylic acids is 2. The third-order valence-corrected chi connectivity index (χ3v) is 5.38. The van der Waals surface area contributed by atoms with Gasteiger partial charge in [0.1, 0.15) is 29.6 Å². The highest BCUT2D eigenvalue weighted by Crippen LogP contribution is 2.25. The fraction of sp³-hybridized carbons (Fsp3) is 0.450. The Kier molecular flexibility index (Phi) is 5.45. The number of Topliss-reactive ketones (excluding diaryl/α,β-unsaturated/α-hetero) is 1. The van der Waals surface area contributed by atoms with E-state index in [4.69, 9.17) is 0 Å². The van der Waals surface area contributed by atoms with Gasteiger partial charge >= 0.3 is 0 Å². The van der Waals surface area contributed by atoms with Gasteiger partial charge in [-0.3, -0.25) is 9.59 Å². The zero-order valence-corrected chi connectivity index (χ0v) is 15.8. The van der Waals surface area contributed by atoms with Gasteiger partial charge in [0.15, 0.2) is 0 Å². The van der Waals surface area contributed by atoms with Gasteiger partial charge in [-0.2, -0.15) is 0 Å². The summed E-state index contributed by atoms with van der Waals surface area (Å²) in [4.78, 5) is 41.1. The molecule has 2 aromatic rings. The maximum absolute atomic E-state index is 12.7. The van der Waals surface area contributed by atoms with Gasteiger partial charge in [0.05, 0.1) is 0 Å². The lowest BCUT2D eigenvalue weighted by atomic mass is 9.87. The molecule has 4 rings (SSSR count). The molecule has 1 N–H and O–H groups in total. The molecular weight excluding hydrogens is 356 g/mol. The van der Waals surface area contributed by atoms with Crippen molar-refractivity contribution in [1.82, 2.24) is 19.9 Å². The van der Waals surface area contributed by atoms with E-state index in [1.54, 1.807) is 6.20 Å². The number of carbonyl (C=O) groups is 2. The fourth-order valence-electron chi connectivity index (χ4n) is 3.76. The Morgan fingerprint density at radius 3 is 2.50 bits per heavy atom. The van der Waals surface area contributed by atoms with Gasteiger partial charge in [0.2, 0.25) is 5.91 Å². The van der Waals surface area contributed by atoms with E-state index >= 15 is 0 Å². The summed E-state index contributed by atoms with van der Waals surface area (Å²) in [5, 5.41) is 3.18. The van der Waals surface area contributed by atoms with E-state index in [0.29, 0.717) is 44.6 Å². The molecule has 146 valence electrons. The lowest BCUT2D eigenvalue weighted by Crippen LogP contribution is -2.51. The van der Waals surface area contributed by atoms with Crippen molar-refractivity contribution in [3.8, 4) is 0 Å². The molecule has 2 fully saturated rings. The van der Waals surface area contributed by atoms with E-state index in [2.05, 4.69) is 25.2 Å². The van der Waals surface area contributed by atoms with E-state index in [9.17, 15) is 9.59 Å². The number of piperazine rings is 1. The summed E-state index contributed by atoms with van der Waals surface area (Å²) >= 11 is 0. The van der Waals surface area contributed by atoms with Crippen LogP contribution in [0.15, 0.2) is 36.8 Å². The number of nitrogens with zero attached hydrogens (tertiary/aromatic N) is 5. The second kappa shape index (κ2) is 8.33. The Morgan fingerprint density at radius 2 is 1.79 bits per heavy atom. The third-order valence-electron chi connectivity index (χ3n) is 5.38. The summed E-state index contributed by atoms with van der Waals surface area (Å²) in [5.74, 6) is 2.75. The number of rotatable bonds is 4. The molecular formula is C20H24N6O2. The number of hydrogen-bond donors (Lipinski definition) is 1. The van der Waals surface area contributed by atoms with Crippen LogP contribution in [0.3, 0.4) is 0 Å². The molecule has 0 aromatic carbocycles. The predicted octanol–water partition coefficient (Wildman–Crippen LogP) is 2.02. The maximum atomic E-state index is 12.7. The average Bonchev–Trinajstić information content (AvgIpc) is 2.75. The summed E-state index contributed by atoms with van der Waals surface area (Å²) in [6.45, 7) is 2.82. The van der Waals surface area contributed by atoms with Crippen LogP contribution in [0.5, 0.6) is 0 Å². The number of anilines is 3. The molecule has 1 aliphatic heterocycles. The van der Waals surface area contributed by atoms with Crippen molar-refractivity contribution in [2.45, 2.75) is 25.7 Å².